The minimum Gasteiger partial charge on any atom is -0.478 e. The van der Waals surface area contributed by atoms with Gasteiger partial charge in [-0.15, -0.1) is 0 Å². The zero-order valence-corrected chi connectivity index (χ0v) is 23.0. The normalized spacial score (nSPS) is 17.4. The van der Waals surface area contributed by atoms with Gasteiger partial charge in [-0.05, 0) is 75.5 Å². The topological polar surface area (TPSA) is 70.0 Å². The van der Waals surface area contributed by atoms with Crippen molar-refractivity contribution in [3.8, 4) is 0 Å². The average molecular weight is 493 g/mol. The third kappa shape index (κ3) is 8.61. The van der Waals surface area contributed by atoms with Crippen LogP contribution in [0, 0.1) is 12.3 Å². The molecule has 1 N–H and O–H groups in total. The predicted molar refractivity (Wildman–Crippen MR) is 149 cm³/mol. The smallest absolute Gasteiger partial charge is 0.335 e. The van der Waals surface area contributed by atoms with Crippen LogP contribution < -0.4 is 0 Å². The number of aliphatic imine (C=N–C) groups is 1. The summed E-state index contributed by atoms with van der Waals surface area (Å²) in [6, 6.07) is 17.1. The van der Waals surface area contributed by atoms with Crippen molar-refractivity contribution in [1.29, 1.82) is 0 Å². The molecule has 0 spiro atoms. The first-order valence-electron chi connectivity index (χ1n) is 13.3. The van der Waals surface area contributed by atoms with Crippen molar-refractivity contribution in [2.24, 2.45) is 10.4 Å². The van der Waals surface area contributed by atoms with Gasteiger partial charge in [-0.3, -0.25) is 9.79 Å². The fraction of sp³-hybridized carbons (Fsp3) is 0.516. The second kappa shape index (κ2) is 13.4. The highest BCUT2D eigenvalue weighted by Crippen LogP contribution is 2.36. The molecule has 0 aliphatic carbocycles. The summed E-state index contributed by atoms with van der Waals surface area (Å²) in [5.74, 6) is -0.715. The summed E-state index contributed by atoms with van der Waals surface area (Å²) >= 11 is 0. The number of hydrogen-bond donors (Lipinski definition) is 1. The SMILES string of the molecule is CCCC1(CCCC(C)(C)C)N=C(CCc2ccccc2)C(=O)N1CC.Cc1ccc(C(=O)O)cc1. The summed E-state index contributed by atoms with van der Waals surface area (Å²) in [7, 11) is 0. The zero-order chi connectivity index (χ0) is 26.8. The molecule has 1 aliphatic heterocycles. The van der Waals surface area contributed by atoms with Crippen molar-refractivity contribution < 1.29 is 14.7 Å². The quantitative estimate of drug-likeness (QED) is 0.377. The maximum Gasteiger partial charge on any atom is 0.335 e. The summed E-state index contributed by atoms with van der Waals surface area (Å²) in [6.07, 6.45) is 6.89. The van der Waals surface area contributed by atoms with E-state index in [2.05, 4.69) is 58.9 Å². The molecular weight excluding hydrogens is 448 g/mol. The molecule has 0 aromatic heterocycles. The average Bonchev–Trinajstić information content (AvgIpc) is 3.08. The van der Waals surface area contributed by atoms with E-state index in [1.807, 2.05) is 17.9 Å². The summed E-state index contributed by atoms with van der Waals surface area (Å²) in [5.41, 5.74) is 3.48. The van der Waals surface area contributed by atoms with Crippen molar-refractivity contribution in [2.75, 3.05) is 6.54 Å². The number of rotatable bonds is 10. The van der Waals surface area contributed by atoms with E-state index >= 15 is 0 Å². The lowest BCUT2D eigenvalue weighted by molar-refractivity contribution is -0.128. The molecule has 5 nitrogen and oxygen atoms in total. The maximum atomic E-state index is 13.0. The number of nitrogens with zero attached hydrogens (tertiary/aromatic N) is 2. The van der Waals surface area contributed by atoms with E-state index in [1.54, 1.807) is 24.3 Å². The van der Waals surface area contributed by atoms with Crippen molar-refractivity contribution >= 4 is 17.6 Å². The van der Waals surface area contributed by atoms with Crippen LogP contribution in [0.3, 0.4) is 0 Å². The lowest BCUT2D eigenvalue weighted by Gasteiger charge is -2.36. The van der Waals surface area contributed by atoms with Crippen LogP contribution in [0.4, 0.5) is 0 Å². The lowest BCUT2D eigenvalue weighted by Crippen LogP contribution is -2.46. The van der Waals surface area contributed by atoms with Crippen molar-refractivity contribution in [3.63, 3.8) is 0 Å². The lowest BCUT2D eigenvalue weighted by atomic mass is 9.86. The Morgan fingerprint density at radius 2 is 1.61 bits per heavy atom. The largest absolute Gasteiger partial charge is 0.478 e. The number of carbonyl (C=O) groups excluding carboxylic acids is 1. The fourth-order valence-electron chi connectivity index (χ4n) is 4.72. The summed E-state index contributed by atoms with van der Waals surface area (Å²) in [6.45, 7) is 13.8. The van der Waals surface area contributed by atoms with Gasteiger partial charge < -0.3 is 10.0 Å². The molecule has 2 aromatic carbocycles. The van der Waals surface area contributed by atoms with Crippen LogP contribution in [-0.2, 0) is 11.2 Å². The molecular formula is C31H44N2O3. The van der Waals surface area contributed by atoms with Gasteiger partial charge >= 0.3 is 5.97 Å². The van der Waals surface area contributed by atoms with Gasteiger partial charge in [0.1, 0.15) is 11.4 Å². The number of aromatic carboxylic acids is 1. The minimum absolute atomic E-state index is 0.160. The zero-order valence-electron chi connectivity index (χ0n) is 23.0. The van der Waals surface area contributed by atoms with E-state index in [0.29, 0.717) is 11.0 Å². The number of carboxylic acid groups (broad SMARTS) is 1. The molecule has 1 atom stereocenters. The highest BCUT2D eigenvalue weighted by Gasteiger charge is 2.44. The Morgan fingerprint density at radius 1 is 0.972 bits per heavy atom. The van der Waals surface area contributed by atoms with Crippen LogP contribution in [0.5, 0.6) is 0 Å². The van der Waals surface area contributed by atoms with Crippen LogP contribution in [0.1, 0.15) is 94.6 Å². The van der Waals surface area contributed by atoms with E-state index in [-0.39, 0.29) is 11.6 Å². The van der Waals surface area contributed by atoms with Crippen molar-refractivity contribution in [2.45, 2.75) is 92.2 Å². The van der Waals surface area contributed by atoms with Gasteiger partial charge in [0.2, 0.25) is 0 Å². The third-order valence-corrected chi connectivity index (χ3v) is 6.60. The van der Waals surface area contributed by atoms with Crippen molar-refractivity contribution in [1.82, 2.24) is 4.90 Å². The Labute approximate surface area is 217 Å². The van der Waals surface area contributed by atoms with Crippen LogP contribution >= 0.6 is 0 Å². The van der Waals surface area contributed by atoms with E-state index < -0.39 is 5.97 Å². The number of benzene rings is 2. The monoisotopic (exact) mass is 492 g/mol. The van der Waals surface area contributed by atoms with Gasteiger partial charge in [0, 0.05) is 6.54 Å². The first kappa shape index (κ1) is 29.3. The molecule has 0 bridgehead atoms. The molecule has 0 saturated heterocycles. The van der Waals surface area contributed by atoms with Crippen LogP contribution in [0.15, 0.2) is 59.6 Å². The molecule has 0 saturated carbocycles. The molecule has 2 aromatic rings. The molecule has 36 heavy (non-hydrogen) atoms. The van der Waals surface area contributed by atoms with Crippen molar-refractivity contribution in [3.05, 3.63) is 71.3 Å². The van der Waals surface area contributed by atoms with Crippen LogP contribution in [0.2, 0.25) is 0 Å². The molecule has 0 radical (unpaired) electrons. The second-order valence-electron chi connectivity index (χ2n) is 10.9. The Kier molecular flexibility index (Phi) is 10.9. The Balaban J connectivity index is 0.000000380. The molecule has 196 valence electrons. The molecule has 1 unspecified atom stereocenters. The maximum absolute atomic E-state index is 13.0. The number of amides is 1. The van der Waals surface area contributed by atoms with E-state index in [1.165, 1.54) is 12.0 Å². The van der Waals surface area contributed by atoms with Gasteiger partial charge in [-0.1, -0.05) is 82.1 Å². The van der Waals surface area contributed by atoms with Crippen LogP contribution in [0.25, 0.3) is 0 Å². The predicted octanol–water partition coefficient (Wildman–Crippen LogP) is 7.33. The first-order chi connectivity index (χ1) is 17.0. The fourth-order valence-corrected chi connectivity index (χ4v) is 4.72. The number of aryl methyl sites for hydroxylation is 2. The highest BCUT2D eigenvalue weighted by atomic mass is 16.4. The number of hydrogen-bond acceptors (Lipinski definition) is 3. The first-order valence-corrected chi connectivity index (χ1v) is 13.3. The molecule has 1 aliphatic rings. The van der Waals surface area contributed by atoms with Gasteiger partial charge in [0.15, 0.2) is 0 Å². The third-order valence-electron chi connectivity index (χ3n) is 6.60. The molecule has 1 heterocycles. The Hall–Kier alpha value is -2.95. The van der Waals surface area contributed by atoms with E-state index in [9.17, 15) is 9.59 Å². The summed E-state index contributed by atoms with van der Waals surface area (Å²) < 4.78 is 0. The number of carboxylic acids is 1. The van der Waals surface area contributed by atoms with Crippen LogP contribution in [-0.4, -0.2) is 39.8 Å². The minimum atomic E-state index is -0.875. The Bertz CT molecular complexity index is 1010. The van der Waals surface area contributed by atoms with Gasteiger partial charge in [-0.2, -0.15) is 0 Å². The molecule has 1 amide bonds. The van der Waals surface area contributed by atoms with Gasteiger partial charge in [0.05, 0.1) is 5.56 Å². The van der Waals surface area contributed by atoms with E-state index in [4.69, 9.17) is 10.1 Å². The second-order valence-corrected chi connectivity index (χ2v) is 10.9. The van der Waals surface area contributed by atoms with E-state index in [0.717, 1.165) is 56.3 Å². The summed E-state index contributed by atoms with van der Waals surface area (Å²) in [5, 5.41) is 8.48. The highest BCUT2D eigenvalue weighted by molar-refractivity contribution is 6.40. The standard InChI is InChI=1S/C23H36N2O.C8H8O2/c1-6-16-23(18-11-17-22(3,4)5)24-20(21(26)25(23)7-2)15-14-19-12-9-8-10-13-19;1-6-2-4-7(5-3-6)8(9)10/h8-10,12-13H,6-7,11,14-18H2,1-5H3;2-5H,1H3,(H,9,10). The number of carbonyl (C=O) groups is 2. The van der Waals surface area contributed by atoms with Gasteiger partial charge in [0.25, 0.3) is 5.91 Å². The van der Waals surface area contributed by atoms with Gasteiger partial charge in [-0.25, -0.2) is 4.79 Å². The molecule has 0 fully saturated rings. The molecule has 5 heteroatoms. The molecule has 3 rings (SSSR count). The summed E-state index contributed by atoms with van der Waals surface area (Å²) in [4.78, 5) is 30.4. The Morgan fingerprint density at radius 3 is 2.14 bits per heavy atom.